The van der Waals surface area contributed by atoms with Crippen molar-refractivity contribution in [3.05, 3.63) is 70.7 Å². The summed E-state index contributed by atoms with van der Waals surface area (Å²) in [5.74, 6) is 0.00871. The van der Waals surface area contributed by atoms with Crippen molar-refractivity contribution in [2.24, 2.45) is 0 Å². The fourth-order valence-corrected chi connectivity index (χ4v) is 4.51. The predicted molar refractivity (Wildman–Crippen MR) is 109 cm³/mol. The average Bonchev–Trinajstić information content (AvgIpc) is 3.07. The number of benzene rings is 2. The lowest BCUT2D eigenvalue weighted by molar-refractivity contribution is -0.113. The molecule has 0 bridgehead atoms. The summed E-state index contributed by atoms with van der Waals surface area (Å²) >= 11 is 1.52. The van der Waals surface area contributed by atoms with Gasteiger partial charge in [-0.3, -0.25) is 9.00 Å². The second-order valence-electron chi connectivity index (χ2n) is 6.05. The first-order chi connectivity index (χ1) is 12.5. The van der Waals surface area contributed by atoms with Crippen LogP contribution in [0.25, 0.3) is 10.6 Å². The van der Waals surface area contributed by atoms with Crippen LogP contribution >= 0.6 is 11.3 Å². The molecule has 0 saturated heterocycles. The van der Waals surface area contributed by atoms with Gasteiger partial charge in [-0.05, 0) is 25.0 Å². The summed E-state index contributed by atoms with van der Waals surface area (Å²) in [6.45, 7) is 3.89. The number of anilines is 1. The Hall–Kier alpha value is -2.31. The number of hydrogen-bond acceptors (Lipinski definition) is 4. The van der Waals surface area contributed by atoms with E-state index in [1.165, 1.54) is 11.3 Å². The van der Waals surface area contributed by atoms with Gasteiger partial charge in [-0.15, -0.1) is 11.3 Å². The zero-order chi connectivity index (χ0) is 18.5. The van der Waals surface area contributed by atoms with Crippen LogP contribution in [0.15, 0.2) is 53.9 Å². The Labute approximate surface area is 159 Å². The molecule has 6 heteroatoms. The molecule has 0 saturated carbocycles. The van der Waals surface area contributed by atoms with Gasteiger partial charge in [-0.1, -0.05) is 48.5 Å². The molecule has 3 aromatic rings. The smallest absolute Gasteiger partial charge is 0.237 e. The highest BCUT2D eigenvalue weighted by Crippen LogP contribution is 2.24. The molecule has 134 valence electrons. The Kier molecular flexibility index (Phi) is 5.96. The molecule has 26 heavy (non-hydrogen) atoms. The van der Waals surface area contributed by atoms with Crippen molar-refractivity contribution in [3.63, 3.8) is 0 Å². The number of amides is 1. The Morgan fingerprint density at radius 2 is 1.77 bits per heavy atom. The van der Waals surface area contributed by atoms with Crippen LogP contribution in [-0.4, -0.2) is 20.9 Å². The minimum absolute atomic E-state index is 0.0357. The highest BCUT2D eigenvalue weighted by Gasteiger charge is 2.13. The zero-order valence-corrected chi connectivity index (χ0v) is 16.3. The summed E-state index contributed by atoms with van der Waals surface area (Å²) in [7, 11) is -1.30. The van der Waals surface area contributed by atoms with Crippen LogP contribution < -0.4 is 5.32 Å². The van der Waals surface area contributed by atoms with Gasteiger partial charge in [0.2, 0.25) is 5.91 Å². The standard InChI is InChI=1S/C20H20N2O2S2/c1-14-7-6-8-15(2)19(14)22-18(23)13-26(24)12-17-11-25-20(21-17)16-9-4-3-5-10-16/h3-11H,12-13H2,1-2H3,(H,22,23). The van der Waals surface area contributed by atoms with Crippen LogP contribution in [0.5, 0.6) is 0 Å². The number of rotatable bonds is 6. The monoisotopic (exact) mass is 384 g/mol. The topological polar surface area (TPSA) is 59.1 Å². The molecule has 1 unspecified atom stereocenters. The van der Waals surface area contributed by atoms with Crippen molar-refractivity contribution >= 4 is 33.7 Å². The van der Waals surface area contributed by atoms with E-state index >= 15 is 0 Å². The highest BCUT2D eigenvalue weighted by atomic mass is 32.2. The Morgan fingerprint density at radius 3 is 2.46 bits per heavy atom. The van der Waals surface area contributed by atoms with Crippen molar-refractivity contribution in [1.29, 1.82) is 0 Å². The number of aryl methyl sites for hydroxylation is 2. The number of nitrogens with zero attached hydrogens (tertiary/aromatic N) is 1. The van der Waals surface area contributed by atoms with Gasteiger partial charge < -0.3 is 5.32 Å². The van der Waals surface area contributed by atoms with Crippen LogP contribution in [-0.2, 0) is 21.3 Å². The van der Waals surface area contributed by atoms with Gasteiger partial charge in [0.1, 0.15) is 10.8 Å². The molecule has 1 N–H and O–H groups in total. The number of para-hydroxylation sites is 1. The van der Waals surface area contributed by atoms with E-state index in [1.54, 1.807) is 0 Å². The summed E-state index contributed by atoms with van der Waals surface area (Å²) in [6.07, 6.45) is 0. The summed E-state index contributed by atoms with van der Waals surface area (Å²) in [4.78, 5) is 16.8. The minimum atomic E-state index is -1.30. The maximum atomic E-state index is 12.3. The molecular weight excluding hydrogens is 364 g/mol. The first-order valence-electron chi connectivity index (χ1n) is 8.24. The van der Waals surface area contributed by atoms with Crippen LogP contribution in [0.2, 0.25) is 0 Å². The lowest BCUT2D eigenvalue weighted by atomic mass is 10.1. The SMILES string of the molecule is Cc1cccc(C)c1NC(=O)CS(=O)Cc1csc(-c2ccccc2)n1. The summed E-state index contributed by atoms with van der Waals surface area (Å²) in [6, 6.07) is 15.7. The number of carbonyl (C=O) groups is 1. The zero-order valence-electron chi connectivity index (χ0n) is 14.7. The Bertz CT molecular complexity index is 916. The molecule has 1 heterocycles. The molecule has 0 aliphatic carbocycles. The fraction of sp³-hybridized carbons (Fsp3) is 0.200. The van der Waals surface area contributed by atoms with Gasteiger partial charge in [-0.2, -0.15) is 0 Å². The molecular formula is C20H20N2O2S2. The van der Waals surface area contributed by atoms with Crippen molar-refractivity contribution in [2.45, 2.75) is 19.6 Å². The molecule has 0 aliphatic rings. The molecule has 0 aliphatic heterocycles. The number of thiazole rings is 1. The summed E-state index contributed by atoms with van der Waals surface area (Å²) in [5, 5.41) is 5.68. The second-order valence-corrected chi connectivity index (χ2v) is 8.37. The van der Waals surface area contributed by atoms with Gasteiger partial charge in [-0.25, -0.2) is 4.98 Å². The number of carbonyl (C=O) groups excluding carboxylic acids is 1. The minimum Gasteiger partial charge on any atom is -0.325 e. The third-order valence-electron chi connectivity index (χ3n) is 3.92. The average molecular weight is 385 g/mol. The first kappa shape index (κ1) is 18.5. The molecule has 0 spiro atoms. The molecule has 1 amide bonds. The lowest BCUT2D eigenvalue weighted by Crippen LogP contribution is -2.21. The lowest BCUT2D eigenvalue weighted by Gasteiger charge is -2.11. The molecule has 3 rings (SSSR count). The van der Waals surface area contributed by atoms with Gasteiger partial charge in [0, 0.05) is 27.4 Å². The van der Waals surface area contributed by atoms with Crippen LogP contribution in [0.4, 0.5) is 5.69 Å². The quantitative estimate of drug-likeness (QED) is 0.689. The van der Waals surface area contributed by atoms with Crippen LogP contribution in [0, 0.1) is 13.8 Å². The largest absolute Gasteiger partial charge is 0.325 e. The molecule has 0 radical (unpaired) electrons. The first-order valence-corrected chi connectivity index (χ1v) is 10.6. The third-order valence-corrected chi connectivity index (χ3v) is 6.06. The second kappa shape index (κ2) is 8.38. The maximum absolute atomic E-state index is 12.3. The van der Waals surface area contributed by atoms with E-state index in [2.05, 4.69) is 10.3 Å². The van der Waals surface area contributed by atoms with Crippen molar-refractivity contribution < 1.29 is 9.00 Å². The van der Waals surface area contributed by atoms with E-state index in [0.29, 0.717) is 0 Å². The van der Waals surface area contributed by atoms with Gasteiger partial charge in [0.05, 0.1) is 11.4 Å². The maximum Gasteiger partial charge on any atom is 0.237 e. The van der Waals surface area contributed by atoms with Crippen molar-refractivity contribution in [1.82, 2.24) is 4.98 Å². The number of nitrogens with one attached hydrogen (secondary N) is 1. The van der Waals surface area contributed by atoms with E-state index in [-0.39, 0.29) is 17.4 Å². The summed E-state index contributed by atoms with van der Waals surface area (Å²) < 4.78 is 12.3. The Balaban J connectivity index is 1.59. The van der Waals surface area contributed by atoms with Gasteiger partial charge >= 0.3 is 0 Å². The van der Waals surface area contributed by atoms with E-state index in [9.17, 15) is 9.00 Å². The van der Waals surface area contributed by atoms with Gasteiger partial charge in [0.15, 0.2) is 0 Å². The predicted octanol–water partition coefficient (Wildman–Crippen LogP) is 4.31. The van der Waals surface area contributed by atoms with Crippen molar-refractivity contribution in [2.75, 3.05) is 11.1 Å². The normalized spacial score (nSPS) is 11.9. The fourth-order valence-electron chi connectivity index (χ4n) is 2.64. The van der Waals surface area contributed by atoms with E-state index in [0.717, 1.165) is 33.1 Å². The van der Waals surface area contributed by atoms with E-state index in [1.807, 2.05) is 67.8 Å². The molecule has 1 atom stereocenters. The van der Waals surface area contributed by atoms with Gasteiger partial charge in [0.25, 0.3) is 0 Å². The Morgan fingerprint density at radius 1 is 1.08 bits per heavy atom. The van der Waals surface area contributed by atoms with Crippen molar-refractivity contribution in [3.8, 4) is 10.6 Å². The highest BCUT2D eigenvalue weighted by molar-refractivity contribution is 7.84. The van der Waals surface area contributed by atoms with E-state index < -0.39 is 10.8 Å². The van der Waals surface area contributed by atoms with Crippen LogP contribution in [0.3, 0.4) is 0 Å². The third kappa shape index (κ3) is 4.65. The molecule has 1 aromatic heterocycles. The summed E-state index contributed by atoms with van der Waals surface area (Å²) in [5.41, 5.74) is 4.59. The molecule has 2 aromatic carbocycles. The molecule has 0 fully saturated rings. The van der Waals surface area contributed by atoms with Crippen LogP contribution in [0.1, 0.15) is 16.8 Å². The number of hydrogen-bond donors (Lipinski definition) is 1. The number of aromatic nitrogens is 1. The van der Waals surface area contributed by atoms with E-state index in [4.69, 9.17) is 0 Å². The molecule has 4 nitrogen and oxygen atoms in total.